The van der Waals surface area contributed by atoms with Gasteiger partial charge in [0.2, 0.25) is 0 Å². The highest BCUT2D eigenvalue weighted by Gasteiger charge is 2.28. The Kier molecular flexibility index (Phi) is 8.81. The number of ether oxygens (including phenoxy) is 2. The predicted octanol–water partition coefficient (Wildman–Crippen LogP) is 2.44. The van der Waals surface area contributed by atoms with Crippen molar-refractivity contribution in [2.45, 2.75) is 44.6 Å². The van der Waals surface area contributed by atoms with Gasteiger partial charge in [0.15, 0.2) is 0 Å². The molecule has 4 heteroatoms. The molecule has 0 bridgehead atoms. The summed E-state index contributed by atoms with van der Waals surface area (Å²) in [7, 11) is 3.48. The van der Waals surface area contributed by atoms with Crippen molar-refractivity contribution in [2.75, 3.05) is 40.5 Å². The zero-order valence-electron chi connectivity index (χ0n) is 12.4. The zero-order chi connectivity index (χ0) is 13.9. The van der Waals surface area contributed by atoms with E-state index in [9.17, 15) is 5.26 Å². The van der Waals surface area contributed by atoms with Crippen LogP contribution in [0.25, 0.3) is 0 Å². The Morgan fingerprint density at radius 2 is 1.79 bits per heavy atom. The molecule has 0 amide bonds. The highest BCUT2D eigenvalue weighted by molar-refractivity contribution is 4.94. The van der Waals surface area contributed by atoms with Crippen LogP contribution in [0, 0.1) is 17.2 Å². The Hall–Kier alpha value is -0.630. The Bertz CT molecular complexity index is 265. The van der Waals surface area contributed by atoms with Crippen LogP contribution >= 0.6 is 0 Å². The third kappa shape index (κ3) is 5.90. The summed E-state index contributed by atoms with van der Waals surface area (Å²) in [6.45, 7) is 3.44. The number of nitriles is 1. The van der Waals surface area contributed by atoms with Gasteiger partial charge in [0, 0.05) is 40.0 Å². The number of rotatable bonds is 8. The Balaban J connectivity index is 2.59. The normalized spacial score (nSPS) is 24.1. The van der Waals surface area contributed by atoms with Gasteiger partial charge in [-0.1, -0.05) is 19.3 Å². The molecule has 0 heterocycles. The van der Waals surface area contributed by atoms with Crippen LogP contribution in [-0.2, 0) is 9.47 Å². The van der Waals surface area contributed by atoms with Crippen LogP contribution in [0.2, 0.25) is 0 Å². The van der Waals surface area contributed by atoms with Gasteiger partial charge >= 0.3 is 0 Å². The maximum atomic E-state index is 9.40. The van der Waals surface area contributed by atoms with Crippen molar-refractivity contribution in [3.63, 3.8) is 0 Å². The first-order valence-electron chi connectivity index (χ1n) is 7.45. The van der Waals surface area contributed by atoms with Crippen LogP contribution in [-0.4, -0.2) is 51.5 Å². The summed E-state index contributed by atoms with van der Waals surface area (Å²) in [5.41, 5.74) is 0. The summed E-state index contributed by atoms with van der Waals surface area (Å²) >= 11 is 0. The van der Waals surface area contributed by atoms with Gasteiger partial charge in [0.1, 0.15) is 0 Å². The second-order valence-corrected chi connectivity index (χ2v) is 5.32. The van der Waals surface area contributed by atoms with E-state index in [2.05, 4.69) is 11.0 Å². The Morgan fingerprint density at radius 3 is 2.47 bits per heavy atom. The van der Waals surface area contributed by atoms with Gasteiger partial charge in [-0.05, 0) is 19.3 Å². The van der Waals surface area contributed by atoms with Crippen molar-refractivity contribution in [1.82, 2.24) is 4.90 Å². The minimum atomic E-state index is 0.182. The summed E-state index contributed by atoms with van der Waals surface area (Å²) in [6, 6.07) is 2.93. The average molecular weight is 268 g/mol. The van der Waals surface area contributed by atoms with Crippen LogP contribution in [0.5, 0.6) is 0 Å². The van der Waals surface area contributed by atoms with E-state index in [1.54, 1.807) is 14.2 Å². The van der Waals surface area contributed by atoms with Crippen LogP contribution in [0.3, 0.4) is 0 Å². The molecule has 0 aromatic rings. The topological polar surface area (TPSA) is 45.5 Å². The maximum Gasteiger partial charge on any atom is 0.0672 e. The van der Waals surface area contributed by atoms with Crippen LogP contribution in [0.15, 0.2) is 0 Å². The molecule has 0 N–H and O–H groups in total. The van der Waals surface area contributed by atoms with E-state index < -0.39 is 0 Å². The molecule has 1 rings (SSSR count). The molecule has 110 valence electrons. The van der Waals surface area contributed by atoms with Gasteiger partial charge in [-0.15, -0.1) is 0 Å². The Morgan fingerprint density at radius 1 is 1.05 bits per heavy atom. The van der Waals surface area contributed by atoms with E-state index in [1.807, 2.05) is 0 Å². The quantitative estimate of drug-likeness (QED) is 0.501. The van der Waals surface area contributed by atoms with Crippen LogP contribution in [0.1, 0.15) is 38.5 Å². The van der Waals surface area contributed by atoms with E-state index >= 15 is 0 Å². The van der Waals surface area contributed by atoms with E-state index in [4.69, 9.17) is 9.47 Å². The molecule has 1 aliphatic rings. The van der Waals surface area contributed by atoms with Crippen molar-refractivity contribution >= 4 is 0 Å². The highest BCUT2D eigenvalue weighted by Crippen LogP contribution is 2.27. The summed E-state index contributed by atoms with van der Waals surface area (Å²) in [4.78, 5) is 2.45. The van der Waals surface area contributed by atoms with Gasteiger partial charge < -0.3 is 9.47 Å². The molecular weight excluding hydrogens is 240 g/mol. The fraction of sp³-hybridized carbons (Fsp3) is 0.933. The minimum Gasteiger partial charge on any atom is -0.385 e. The van der Waals surface area contributed by atoms with Crippen molar-refractivity contribution in [3.05, 3.63) is 0 Å². The standard InChI is InChI=1S/C15H28N2O2/c1-18-11-6-9-17(10-12-19-2)15-8-5-3-4-7-14(15)13-16/h14-15H,3-12H2,1-2H3. The molecule has 0 radical (unpaired) electrons. The highest BCUT2D eigenvalue weighted by atomic mass is 16.5. The molecule has 2 unspecified atom stereocenters. The average Bonchev–Trinajstić information content (AvgIpc) is 2.67. The van der Waals surface area contributed by atoms with Crippen molar-refractivity contribution in [2.24, 2.45) is 5.92 Å². The predicted molar refractivity (Wildman–Crippen MR) is 75.9 cm³/mol. The monoisotopic (exact) mass is 268 g/mol. The lowest BCUT2D eigenvalue weighted by Crippen LogP contribution is -2.42. The molecule has 0 aromatic heterocycles. The summed E-state index contributed by atoms with van der Waals surface area (Å²) in [5, 5.41) is 9.40. The molecule has 0 saturated heterocycles. The SMILES string of the molecule is COCCCN(CCOC)C1CCCCCC1C#N. The van der Waals surface area contributed by atoms with Gasteiger partial charge in [-0.25, -0.2) is 0 Å². The molecule has 1 aliphatic carbocycles. The molecule has 4 nitrogen and oxygen atoms in total. The molecule has 2 atom stereocenters. The lowest BCUT2D eigenvalue weighted by Gasteiger charge is -2.33. The first-order valence-corrected chi connectivity index (χ1v) is 7.45. The van der Waals surface area contributed by atoms with E-state index in [-0.39, 0.29) is 5.92 Å². The molecule has 0 aliphatic heterocycles. The first kappa shape index (κ1) is 16.4. The van der Waals surface area contributed by atoms with E-state index in [1.165, 1.54) is 19.3 Å². The van der Waals surface area contributed by atoms with Crippen molar-refractivity contribution in [1.29, 1.82) is 5.26 Å². The number of hydrogen-bond acceptors (Lipinski definition) is 4. The zero-order valence-corrected chi connectivity index (χ0v) is 12.4. The number of nitrogens with zero attached hydrogens (tertiary/aromatic N) is 2. The summed E-state index contributed by atoms with van der Waals surface area (Å²) < 4.78 is 10.4. The van der Waals surface area contributed by atoms with E-state index in [0.29, 0.717) is 6.04 Å². The lowest BCUT2D eigenvalue weighted by molar-refractivity contribution is 0.0887. The molecule has 0 aromatic carbocycles. The minimum absolute atomic E-state index is 0.182. The van der Waals surface area contributed by atoms with Crippen molar-refractivity contribution < 1.29 is 9.47 Å². The van der Waals surface area contributed by atoms with E-state index in [0.717, 1.165) is 45.6 Å². The Labute approximate surface area is 117 Å². The molecule has 0 spiro atoms. The maximum absolute atomic E-state index is 9.40. The second-order valence-electron chi connectivity index (χ2n) is 5.32. The fourth-order valence-electron chi connectivity index (χ4n) is 2.94. The fourth-order valence-corrected chi connectivity index (χ4v) is 2.94. The molecular formula is C15H28N2O2. The van der Waals surface area contributed by atoms with Gasteiger partial charge in [0.25, 0.3) is 0 Å². The summed E-state index contributed by atoms with van der Waals surface area (Å²) in [6.07, 6.45) is 6.94. The van der Waals surface area contributed by atoms with Crippen molar-refractivity contribution in [3.8, 4) is 6.07 Å². The summed E-state index contributed by atoms with van der Waals surface area (Å²) in [5.74, 6) is 0.182. The van der Waals surface area contributed by atoms with Gasteiger partial charge in [-0.2, -0.15) is 5.26 Å². The van der Waals surface area contributed by atoms with Crippen LogP contribution < -0.4 is 0 Å². The molecule has 1 saturated carbocycles. The smallest absolute Gasteiger partial charge is 0.0672 e. The van der Waals surface area contributed by atoms with Gasteiger partial charge in [-0.3, -0.25) is 4.90 Å². The molecule has 1 fully saturated rings. The third-order valence-electron chi connectivity index (χ3n) is 3.99. The second kappa shape index (κ2) is 10.2. The lowest BCUT2D eigenvalue weighted by atomic mass is 9.94. The van der Waals surface area contributed by atoms with Gasteiger partial charge in [0.05, 0.1) is 18.6 Å². The number of hydrogen-bond donors (Lipinski definition) is 0. The third-order valence-corrected chi connectivity index (χ3v) is 3.99. The van der Waals surface area contributed by atoms with Crippen LogP contribution in [0.4, 0.5) is 0 Å². The largest absolute Gasteiger partial charge is 0.385 e. The number of methoxy groups -OCH3 is 2. The first-order chi connectivity index (χ1) is 9.33. The molecule has 19 heavy (non-hydrogen) atoms.